The number of anilines is 1. The normalized spacial score (nSPS) is 10.5. The molecule has 0 unspecified atom stereocenters. The fraction of sp³-hybridized carbons (Fsp3) is 0.214. The Kier molecular flexibility index (Phi) is 3.85. The molecule has 3 nitrogen and oxygen atoms in total. The summed E-state index contributed by atoms with van der Waals surface area (Å²) in [5, 5.41) is 3.23. The van der Waals surface area contributed by atoms with Gasteiger partial charge in [-0.05, 0) is 37.1 Å². The van der Waals surface area contributed by atoms with Gasteiger partial charge < -0.3 is 11.1 Å². The highest BCUT2D eigenvalue weighted by Gasteiger charge is 2.19. The van der Waals surface area contributed by atoms with Crippen molar-refractivity contribution in [3.63, 3.8) is 0 Å². The molecule has 0 atom stereocenters. The zero-order valence-corrected chi connectivity index (χ0v) is 11.6. The van der Waals surface area contributed by atoms with Gasteiger partial charge in [0.1, 0.15) is 5.82 Å². The van der Waals surface area contributed by atoms with E-state index in [0.29, 0.717) is 17.1 Å². The Labute approximate surface area is 115 Å². The maximum absolute atomic E-state index is 12.9. The number of rotatable bonds is 3. The van der Waals surface area contributed by atoms with Crippen molar-refractivity contribution in [3.05, 3.63) is 41.2 Å². The van der Waals surface area contributed by atoms with E-state index >= 15 is 0 Å². The molecule has 0 saturated heterocycles. The lowest BCUT2D eigenvalue weighted by molar-refractivity contribution is 0.0956. The van der Waals surface area contributed by atoms with Crippen LogP contribution in [-0.2, 0) is 0 Å². The molecule has 100 valence electrons. The summed E-state index contributed by atoms with van der Waals surface area (Å²) in [5.41, 5.74) is 8.14. The molecule has 1 aromatic heterocycles. The first-order valence-corrected chi connectivity index (χ1v) is 6.79. The van der Waals surface area contributed by atoms with Crippen LogP contribution < -0.4 is 11.1 Å². The Bertz CT molecular complexity index is 605. The third-order valence-corrected chi connectivity index (χ3v) is 4.01. The largest absolute Gasteiger partial charge is 0.390 e. The predicted octanol–water partition coefficient (Wildman–Crippen LogP) is 3.19. The van der Waals surface area contributed by atoms with Crippen LogP contribution in [0.25, 0.3) is 10.4 Å². The van der Waals surface area contributed by atoms with E-state index in [9.17, 15) is 9.18 Å². The smallest absolute Gasteiger partial charge is 0.254 e. The summed E-state index contributed by atoms with van der Waals surface area (Å²) in [6, 6.07) is 6.18. The highest BCUT2D eigenvalue weighted by atomic mass is 32.1. The van der Waals surface area contributed by atoms with E-state index in [2.05, 4.69) is 5.32 Å². The maximum atomic E-state index is 12.9. The van der Waals surface area contributed by atoms with Crippen molar-refractivity contribution >= 4 is 22.2 Å². The zero-order chi connectivity index (χ0) is 14.0. The molecule has 0 spiro atoms. The van der Waals surface area contributed by atoms with Crippen LogP contribution in [0.5, 0.6) is 0 Å². The molecule has 2 aromatic rings. The molecular weight excluding hydrogens is 263 g/mol. The standard InChI is InChI=1S/C14H15FN2OS/c1-3-17-14(18)11-8(2)12(19-13(11)16)9-4-6-10(15)7-5-9/h4-7H,3,16H2,1-2H3,(H,17,18). The van der Waals surface area contributed by atoms with Crippen LogP contribution in [0.2, 0.25) is 0 Å². The summed E-state index contributed by atoms with van der Waals surface area (Å²) in [7, 11) is 0. The third-order valence-electron chi connectivity index (χ3n) is 2.84. The summed E-state index contributed by atoms with van der Waals surface area (Å²) in [5.74, 6) is -0.447. The molecule has 0 aliphatic heterocycles. The maximum Gasteiger partial charge on any atom is 0.254 e. The van der Waals surface area contributed by atoms with Gasteiger partial charge in [-0.3, -0.25) is 4.79 Å². The second kappa shape index (κ2) is 5.40. The molecule has 3 N–H and O–H groups in total. The summed E-state index contributed by atoms with van der Waals surface area (Å²) >= 11 is 1.35. The number of nitrogens with one attached hydrogen (secondary N) is 1. The number of carbonyl (C=O) groups excluding carboxylic acids is 1. The lowest BCUT2D eigenvalue weighted by Gasteiger charge is -2.03. The van der Waals surface area contributed by atoms with Gasteiger partial charge in [-0.25, -0.2) is 4.39 Å². The SMILES string of the molecule is CCNC(=O)c1c(N)sc(-c2ccc(F)cc2)c1C. The molecule has 1 heterocycles. The van der Waals surface area contributed by atoms with Crippen LogP contribution in [0.1, 0.15) is 22.8 Å². The summed E-state index contributed by atoms with van der Waals surface area (Å²) in [6.07, 6.45) is 0. The molecule has 0 saturated carbocycles. The van der Waals surface area contributed by atoms with Crippen molar-refractivity contribution in [1.82, 2.24) is 5.32 Å². The molecule has 0 radical (unpaired) electrons. The number of halogens is 1. The topological polar surface area (TPSA) is 55.1 Å². The molecule has 5 heteroatoms. The molecule has 1 amide bonds. The molecule has 0 fully saturated rings. The van der Waals surface area contributed by atoms with E-state index in [0.717, 1.165) is 16.0 Å². The van der Waals surface area contributed by atoms with Gasteiger partial charge in [0, 0.05) is 11.4 Å². The average Bonchev–Trinajstić information content (AvgIpc) is 2.66. The van der Waals surface area contributed by atoms with E-state index in [4.69, 9.17) is 5.73 Å². The Hall–Kier alpha value is -1.88. The minimum absolute atomic E-state index is 0.165. The van der Waals surface area contributed by atoms with E-state index < -0.39 is 0 Å². The van der Waals surface area contributed by atoms with Gasteiger partial charge in [0.15, 0.2) is 0 Å². The van der Waals surface area contributed by atoms with Crippen LogP contribution in [0.15, 0.2) is 24.3 Å². The Morgan fingerprint density at radius 1 is 1.37 bits per heavy atom. The molecule has 0 aliphatic rings. The van der Waals surface area contributed by atoms with Gasteiger partial charge in [-0.15, -0.1) is 11.3 Å². The van der Waals surface area contributed by atoms with Crippen molar-refractivity contribution in [3.8, 4) is 10.4 Å². The average molecular weight is 278 g/mol. The van der Waals surface area contributed by atoms with E-state index in [1.807, 2.05) is 13.8 Å². The van der Waals surface area contributed by atoms with E-state index in [1.54, 1.807) is 12.1 Å². The van der Waals surface area contributed by atoms with Gasteiger partial charge in [0.2, 0.25) is 0 Å². The minimum Gasteiger partial charge on any atom is -0.390 e. The number of hydrogen-bond donors (Lipinski definition) is 2. The first-order chi connectivity index (χ1) is 9.04. The van der Waals surface area contributed by atoms with Crippen molar-refractivity contribution in [2.45, 2.75) is 13.8 Å². The number of nitrogen functional groups attached to an aromatic ring is 1. The summed E-state index contributed by atoms with van der Waals surface area (Å²) in [4.78, 5) is 12.8. The molecule has 1 aromatic carbocycles. The zero-order valence-electron chi connectivity index (χ0n) is 10.8. The van der Waals surface area contributed by atoms with Crippen LogP contribution >= 0.6 is 11.3 Å². The fourth-order valence-corrected chi connectivity index (χ4v) is 3.02. The molecule has 2 rings (SSSR count). The lowest BCUT2D eigenvalue weighted by Crippen LogP contribution is -2.23. The van der Waals surface area contributed by atoms with Gasteiger partial charge in [-0.1, -0.05) is 12.1 Å². The number of carbonyl (C=O) groups is 1. The summed E-state index contributed by atoms with van der Waals surface area (Å²) < 4.78 is 12.9. The van der Waals surface area contributed by atoms with E-state index in [1.165, 1.54) is 23.5 Å². The molecule has 0 bridgehead atoms. The number of nitrogens with two attached hydrogens (primary N) is 1. The monoisotopic (exact) mass is 278 g/mol. The fourth-order valence-electron chi connectivity index (χ4n) is 1.94. The Balaban J connectivity index is 2.46. The lowest BCUT2D eigenvalue weighted by atomic mass is 10.1. The molecule has 19 heavy (non-hydrogen) atoms. The van der Waals surface area contributed by atoms with Gasteiger partial charge in [0.05, 0.1) is 10.6 Å². The van der Waals surface area contributed by atoms with Crippen molar-refractivity contribution < 1.29 is 9.18 Å². The third kappa shape index (κ3) is 2.61. The van der Waals surface area contributed by atoms with Crippen LogP contribution in [0, 0.1) is 12.7 Å². The number of amides is 1. The van der Waals surface area contributed by atoms with Crippen LogP contribution in [-0.4, -0.2) is 12.5 Å². The predicted molar refractivity (Wildman–Crippen MR) is 76.9 cm³/mol. The summed E-state index contributed by atoms with van der Waals surface area (Å²) in [6.45, 7) is 4.27. The van der Waals surface area contributed by atoms with E-state index in [-0.39, 0.29) is 11.7 Å². The van der Waals surface area contributed by atoms with Gasteiger partial charge >= 0.3 is 0 Å². The Morgan fingerprint density at radius 3 is 2.58 bits per heavy atom. The number of benzene rings is 1. The highest BCUT2D eigenvalue weighted by molar-refractivity contribution is 7.19. The first-order valence-electron chi connectivity index (χ1n) is 5.97. The van der Waals surface area contributed by atoms with Crippen LogP contribution in [0.4, 0.5) is 9.39 Å². The highest BCUT2D eigenvalue weighted by Crippen LogP contribution is 2.38. The van der Waals surface area contributed by atoms with Crippen LogP contribution in [0.3, 0.4) is 0 Å². The van der Waals surface area contributed by atoms with Crippen molar-refractivity contribution in [2.24, 2.45) is 0 Å². The quantitative estimate of drug-likeness (QED) is 0.906. The van der Waals surface area contributed by atoms with Gasteiger partial charge in [0.25, 0.3) is 5.91 Å². The van der Waals surface area contributed by atoms with Gasteiger partial charge in [-0.2, -0.15) is 0 Å². The van der Waals surface area contributed by atoms with Crippen molar-refractivity contribution in [2.75, 3.05) is 12.3 Å². The minimum atomic E-state index is -0.283. The number of thiophene rings is 1. The second-order valence-corrected chi connectivity index (χ2v) is 5.21. The number of hydrogen-bond acceptors (Lipinski definition) is 3. The second-order valence-electron chi connectivity index (χ2n) is 4.16. The molecular formula is C14H15FN2OS. The first kappa shape index (κ1) is 13.5. The molecule has 0 aliphatic carbocycles. The van der Waals surface area contributed by atoms with Crippen molar-refractivity contribution in [1.29, 1.82) is 0 Å². The Morgan fingerprint density at radius 2 is 2.00 bits per heavy atom.